The van der Waals surface area contributed by atoms with Crippen molar-refractivity contribution < 1.29 is 23.5 Å². The highest BCUT2D eigenvalue weighted by atomic mass is 16.6. The van der Waals surface area contributed by atoms with Crippen LogP contribution in [0.1, 0.15) is 35.2 Å². The van der Waals surface area contributed by atoms with Crippen molar-refractivity contribution in [1.82, 2.24) is 5.32 Å². The van der Waals surface area contributed by atoms with E-state index >= 15 is 0 Å². The third-order valence-corrected chi connectivity index (χ3v) is 5.47. The molecule has 0 aliphatic carbocycles. The summed E-state index contributed by atoms with van der Waals surface area (Å²) < 4.78 is 16.5. The third kappa shape index (κ3) is 5.76. The molecule has 4 aromatic rings. The summed E-state index contributed by atoms with van der Waals surface area (Å²) in [6, 6.07) is 21.7. The lowest BCUT2D eigenvalue weighted by atomic mass is 10.0. The van der Waals surface area contributed by atoms with Crippen LogP contribution in [0.5, 0.6) is 5.75 Å². The Labute approximate surface area is 202 Å². The topological polar surface area (TPSA) is 94.8 Å². The van der Waals surface area contributed by atoms with E-state index in [9.17, 15) is 14.4 Å². The van der Waals surface area contributed by atoms with Crippen LogP contribution in [-0.2, 0) is 22.6 Å². The summed E-state index contributed by atoms with van der Waals surface area (Å²) in [7, 11) is 0. The molecule has 0 radical (unpaired) electrons. The van der Waals surface area contributed by atoms with Gasteiger partial charge in [-0.3, -0.25) is 0 Å². The lowest BCUT2D eigenvalue weighted by Gasteiger charge is -2.19. The highest BCUT2D eigenvalue weighted by Crippen LogP contribution is 2.31. The minimum atomic E-state index is -1.11. The number of carbonyl (C=O) groups excluding carboxylic acids is 2. The molecule has 35 heavy (non-hydrogen) atoms. The van der Waals surface area contributed by atoms with Gasteiger partial charge in [0.2, 0.25) is 0 Å². The zero-order chi connectivity index (χ0) is 24.8. The fourth-order valence-electron chi connectivity index (χ4n) is 3.80. The second-order valence-electron chi connectivity index (χ2n) is 8.05. The van der Waals surface area contributed by atoms with E-state index in [-0.39, 0.29) is 12.4 Å². The van der Waals surface area contributed by atoms with E-state index in [1.165, 1.54) is 6.07 Å². The molecule has 7 nitrogen and oxygen atoms in total. The molecule has 0 unspecified atom stereocenters. The van der Waals surface area contributed by atoms with Crippen LogP contribution in [0, 0.1) is 6.92 Å². The van der Waals surface area contributed by atoms with E-state index in [0.717, 1.165) is 11.1 Å². The molecule has 1 amide bonds. The average molecular weight is 472 g/mol. The maximum atomic E-state index is 13.4. The van der Waals surface area contributed by atoms with Gasteiger partial charge in [0, 0.05) is 6.07 Å². The average Bonchev–Trinajstić information content (AvgIpc) is 2.86. The van der Waals surface area contributed by atoms with Crippen molar-refractivity contribution >= 4 is 23.0 Å². The van der Waals surface area contributed by atoms with Crippen molar-refractivity contribution in [1.29, 1.82) is 0 Å². The molecule has 0 saturated heterocycles. The molecule has 0 aliphatic heterocycles. The number of carbonyl (C=O) groups is 2. The summed E-state index contributed by atoms with van der Waals surface area (Å²) in [6.45, 7) is 3.77. The number of hydrogen-bond donors (Lipinski definition) is 1. The van der Waals surface area contributed by atoms with Crippen molar-refractivity contribution in [3.8, 4) is 5.75 Å². The van der Waals surface area contributed by atoms with Crippen LogP contribution in [-0.4, -0.2) is 12.1 Å². The fraction of sp³-hybridized carbons (Fsp3) is 0.179. The van der Waals surface area contributed by atoms with Crippen LogP contribution in [0.4, 0.5) is 4.79 Å². The summed E-state index contributed by atoms with van der Waals surface area (Å²) in [4.78, 5) is 37.9. The van der Waals surface area contributed by atoms with Crippen molar-refractivity contribution in [3.05, 3.63) is 112 Å². The minimum Gasteiger partial charge on any atom is -0.445 e. The van der Waals surface area contributed by atoms with Crippen molar-refractivity contribution in [3.63, 3.8) is 0 Å². The predicted molar refractivity (Wildman–Crippen MR) is 131 cm³/mol. The summed E-state index contributed by atoms with van der Waals surface area (Å²) in [6.07, 6.45) is -0.212. The smallest absolute Gasteiger partial charge is 0.408 e. The molecular formula is C28H25NO6. The second-order valence-corrected chi connectivity index (χ2v) is 8.05. The summed E-state index contributed by atoms with van der Waals surface area (Å²) in [5.41, 5.74) is 2.68. The van der Waals surface area contributed by atoms with Crippen LogP contribution in [0.3, 0.4) is 0 Å². The zero-order valence-electron chi connectivity index (χ0n) is 19.4. The van der Waals surface area contributed by atoms with Gasteiger partial charge >= 0.3 is 17.7 Å². The normalized spacial score (nSPS) is 11.6. The number of ether oxygens (including phenoxy) is 2. The maximum absolute atomic E-state index is 13.4. The highest BCUT2D eigenvalue weighted by molar-refractivity contribution is 5.92. The first-order valence-corrected chi connectivity index (χ1v) is 11.3. The number of fused-ring (bicyclic) bond motifs is 1. The Kier molecular flexibility index (Phi) is 7.26. The Bertz CT molecular complexity index is 1400. The predicted octanol–water partition coefficient (Wildman–Crippen LogP) is 5.24. The first kappa shape index (κ1) is 23.8. The molecule has 4 rings (SSSR count). The van der Waals surface area contributed by atoms with Gasteiger partial charge < -0.3 is 19.2 Å². The van der Waals surface area contributed by atoms with Gasteiger partial charge in [-0.25, -0.2) is 14.4 Å². The summed E-state index contributed by atoms with van der Waals surface area (Å²) in [5, 5.41) is 3.16. The van der Waals surface area contributed by atoms with E-state index in [2.05, 4.69) is 5.32 Å². The molecule has 1 aromatic heterocycles. The molecular weight excluding hydrogens is 446 g/mol. The monoisotopic (exact) mass is 471 g/mol. The first-order chi connectivity index (χ1) is 16.9. The third-order valence-electron chi connectivity index (χ3n) is 5.47. The van der Waals surface area contributed by atoms with Gasteiger partial charge in [-0.05, 0) is 47.7 Å². The summed E-state index contributed by atoms with van der Waals surface area (Å²) >= 11 is 0. The number of rotatable bonds is 7. The molecule has 0 spiro atoms. The maximum Gasteiger partial charge on any atom is 0.408 e. The molecule has 0 bridgehead atoms. The minimum absolute atomic E-state index is 0.0602. The molecule has 1 heterocycles. The summed E-state index contributed by atoms with van der Waals surface area (Å²) in [5.74, 6) is -0.445. The Morgan fingerprint density at radius 1 is 0.971 bits per heavy atom. The number of amides is 1. The zero-order valence-corrected chi connectivity index (χ0v) is 19.4. The number of benzene rings is 3. The molecule has 0 saturated carbocycles. The second kappa shape index (κ2) is 10.7. The Morgan fingerprint density at radius 2 is 1.66 bits per heavy atom. The van der Waals surface area contributed by atoms with Gasteiger partial charge in [0.1, 0.15) is 17.9 Å². The Hall–Kier alpha value is -4.39. The molecule has 7 heteroatoms. The van der Waals surface area contributed by atoms with E-state index in [1.54, 1.807) is 36.4 Å². The van der Waals surface area contributed by atoms with Gasteiger partial charge in [-0.1, -0.05) is 67.6 Å². The SMILES string of the molecule is CCc1cc(=O)oc2cc(C)cc(OC(=O)[C@@H](NC(=O)OCc3ccccc3)c3ccccc3)c12. The molecule has 1 atom stereocenters. The van der Waals surface area contributed by atoms with Gasteiger partial charge in [-0.15, -0.1) is 0 Å². The van der Waals surface area contributed by atoms with Crippen molar-refractivity contribution in [2.24, 2.45) is 0 Å². The van der Waals surface area contributed by atoms with Gasteiger partial charge in [0.15, 0.2) is 6.04 Å². The first-order valence-electron chi connectivity index (χ1n) is 11.3. The van der Waals surface area contributed by atoms with Crippen LogP contribution in [0.15, 0.2) is 88.1 Å². The lowest BCUT2D eigenvalue weighted by Crippen LogP contribution is -2.36. The number of hydrogen-bond acceptors (Lipinski definition) is 6. The Balaban J connectivity index is 1.61. The Morgan fingerprint density at radius 3 is 2.34 bits per heavy atom. The van der Waals surface area contributed by atoms with Crippen LogP contribution >= 0.6 is 0 Å². The fourth-order valence-corrected chi connectivity index (χ4v) is 3.80. The molecule has 3 aromatic carbocycles. The molecule has 1 N–H and O–H groups in total. The van der Waals surface area contributed by atoms with E-state index in [1.807, 2.05) is 50.2 Å². The van der Waals surface area contributed by atoms with Gasteiger partial charge in [-0.2, -0.15) is 0 Å². The highest BCUT2D eigenvalue weighted by Gasteiger charge is 2.27. The van der Waals surface area contributed by atoms with Crippen molar-refractivity contribution in [2.45, 2.75) is 32.9 Å². The number of alkyl carbamates (subject to hydrolysis) is 1. The van der Waals surface area contributed by atoms with Crippen LogP contribution in [0.2, 0.25) is 0 Å². The quantitative estimate of drug-likeness (QED) is 0.225. The van der Waals surface area contributed by atoms with Gasteiger partial charge in [0.05, 0.1) is 5.39 Å². The number of aryl methyl sites for hydroxylation is 2. The van der Waals surface area contributed by atoms with Crippen LogP contribution in [0.25, 0.3) is 11.0 Å². The van der Waals surface area contributed by atoms with Crippen LogP contribution < -0.4 is 15.7 Å². The molecule has 0 fully saturated rings. The van der Waals surface area contributed by atoms with E-state index in [4.69, 9.17) is 13.9 Å². The molecule has 0 aliphatic rings. The molecule has 178 valence electrons. The standard InChI is InChI=1S/C28H25NO6/c1-3-20-16-24(30)34-22-14-18(2)15-23(25(20)22)35-27(31)26(21-12-8-5-9-13-21)29-28(32)33-17-19-10-6-4-7-11-19/h4-16,26H,3,17H2,1-2H3,(H,29,32)/t26-/m0/s1. The lowest BCUT2D eigenvalue weighted by molar-refractivity contribution is -0.136. The number of esters is 1. The van der Waals surface area contributed by atoms with Crippen molar-refractivity contribution in [2.75, 3.05) is 0 Å². The van der Waals surface area contributed by atoms with E-state index in [0.29, 0.717) is 28.5 Å². The van der Waals surface area contributed by atoms with E-state index < -0.39 is 23.7 Å². The van der Waals surface area contributed by atoms with Gasteiger partial charge in [0.25, 0.3) is 0 Å². The number of nitrogens with one attached hydrogen (secondary N) is 1. The largest absolute Gasteiger partial charge is 0.445 e.